The van der Waals surface area contributed by atoms with Gasteiger partial charge in [0.15, 0.2) is 5.76 Å². The van der Waals surface area contributed by atoms with E-state index in [1.165, 1.54) is 6.26 Å². The van der Waals surface area contributed by atoms with Crippen molar-refractivity contribution >= 4 is 29.6 Å². The number of carbonyl (C=O) groups excluding carboxylic acids is 1. The van der Waals surface area contributed by atoms with Gasteiger partial charge in [-0.2, -0.15) is 0 Å². The fourth-order valence-electron chi connectivity index (χ4n) is 4.29. The third kappa shape index (κ3) is 9.21. The number of ether oxygens (including phenoxy) is 1. The third-order valence-corrected chi connectivity index (χ3v) is 6.48. The van der Waals surface area contributed by atoms with Crippen molar-refractivity contribution in [3.05, 3.63) is 126 Å². The Morgan fingerprint density at radius 2 is 1.62 bits per heavy atom. The Balaban J connectivity index is 1.40. The predicted octanol–water partition coefficient (Wildman–Crippen LogP) is 5.94. The highest BCUT2D eigenvalue weighted by atomic mass is 16.5. The van der Waals surface area contributed by atoms with E-state index in [0.717, 1.165) is 16.7 Å². The first-order valence-electron chi connectivity index (χ1n) is 13.4. The molecule has 0 aliphatic carbocycles. The van der Waals surface area contributed by atoms with Crippen LogP contribution in [0.15, 0.2) is 108 Å². The number of hydrogen-bond donors (Lipinski definition) is 3. The van der Waals surface area contributed by atoms with Crippen LogP contribution in [0.5, 0.6) is 5.75 Å². The minimum absolute atomic E-state index is 0.0269. The lowest BCUT2D eigenvalue weighted by Crippen LogP contribution is -2.41. The molecule has 4 rings (SSSR count). The number of benzene rings is 3. The van der Waals surface area contributed by atoms with Crippen LogP contribution in [0.3, 0.4) is 0 Å². The van der Waals surface area contributed by atoms with Gasteiger partial charge in [0.25, 0.3) is 5.91 Å². The molecule has 216 valence electrons. The molecule has 42 heavy (non-hydrogen) atoms. The van der Waals surface area contributed by atoms with Gasteiger partial charge in [0, 0.05) is 25.2 Å². The Labute approximate surface area is 243 Å². The maximum Gasteiger partial charge on any atom is 0.320 e. The largest absolute Gasteiger partial charge is 0.489 e. The standard InChI is InChI=1S/C33H32N2O7/c36-31(37)19-18-29(33(39)40)35(22-25-12-16-28(17-13-25)42-23-26-6-2-1-3-7-26)20-4-8-24-10-14-27(15-11-24)34-32(38)30-9-5-21-41-30/h1-17,21,29H,18-20,22-23H2,(H,34,38)(H,36,37)(H,39,40)/b8-4+/t29-/m0/s1. The summed E-state index contributed by atoms with van der Waals surface area (Å²) >= 11 is 0. The summed E-state index contributed by atoms with van der Waals surface area (Å²) < 4.78 is 11.0. The third-order valence-electron chi connectivity index (χ3n) is 6.48. The molecule has 0 aliphatic heterocycles. The Hall–Kier alpha value is -5.15. The molecular weight excluding hydrogens is 536 g/mol. The molecule has 1 aromatic heterocycles. The van der Waals surface area contributed by atoms with Gasteiger partial charge >= 0.3 is 11.9 Å². The summed E-state index contributed by atoms with van der Waals surface area (Å²) in [6, 6.07) is 26.6. The molecular formula is C33H32N2O7. The molecule has 9 nitrogen and oxygen atoms in total. The highest BCUT2D eigenvalue weighted by Gasteiger charge is 2.25. The molecule has 9 heteroatoms. The lowest BCUT2D eigenvalue weighted by molar-refractivity contribution is -0.144. The van der Waals surface area contributed by atoms with Crippen molar-refractivity contribution in [3.63, 3.8) is 0 Å². The molecule has 1 heterocycles. The zero-order chi connectivity index (χ0) is 29.7. The average Bonchev–Trinajstić information content (AvgIpc) is 3.53. The quantitative estimate of drug-likeness (QED) is 0.161. The fraction of sp³-hybridized carbons (Fsp3) is 0.182. The zero-order valence-electron chi connectivity index (χ0n) is 22.9. The molecule has 1 amide bonds. The molecule has 0 saturated heterocycles. The van der Waals surface area contributed by atoms with E-state index in [0.29, 0.717) is 24.6 Å². The molecule has 1 atom stereocenters. The van der Waals surface area contributed by atoms with Gasteiger partial charge in [0.1, 0.15) is 18.4 Å². The van der Waals surface area contributed by atoms with Crippen molar-refractivity contribution in [2.75, 3.05) is 11.9 Å². The van der Waals surface area contributed by atoms with Crippen LogP contribution in [0.2, 0.25) is 0 Å². The van der Waals surface area contributed by atoms with Crippen molar-refractivity contribution in [3.8, 4) is 5.75 Å². The summed E-state index contributed by atoms with van der Waals surface area (Å²) in [5.41, 5.74) is 3.37. The number of carboxylic acid groups (broad SMARTS) is 2. The van der Waals surface area contributed by atoms with Crippen molar-refractivity contribution in [2.45, 2.75) is 32.0 Å². The maximum atomic E-state index is 12.2. The lowest BCUT2D eigenvalue weighted by atomic mass is 10.1. The van der Waals surface area contributed by atoms with E-state index in [2.05, 4.69) is 5.32 Å². The molecule has 0 unspecified atom stereocenters. The number of furan rings is 1. The van der Waals surface area contributed by atoms with Crippen LogP contribution in [0.1, 0.15) is 40.1 Å². The maximum absolute atomic E-state index is 12.2. The lowest BCUT2D eigenvalue weighted by Gasteiger charge is -2.27. The highest BCUT2D eigenvalue weighted by Crippen LogP contribution is 2.19. The highest BCUT2D eigenvalue weighted by molar-refractivity contribution is 6.02. The number of hydrogen-bond acceptors (Lipinski definition) is 6. The van der Waals surface area contributed by atoms with Crippen molar-refractivity contribution in [1.29, 1.82) is 0 Å². The van der Waals surface area contributed by atoms with Gasteiger partial charge in [0.05, 0.1) is 6.26 Å². The Morgan fingerprint density at radius 1 is 0.881 bits per heavy atom. The van der Waals surface area contributed by atoms with E-state index in [1.807, 2.05) is 78.9 Å². The molecule has 0 radical (unpaired) electrons. The minimum Gasteiger partial charge on any atom is -0.489 e. The van der Waals surface area contributed by atoms with Crippen molar-refractivity contribution < 1.29 is 33.8 Å². The average molecular weight is 569 g/mol. The number of nitrogens with one attached hydrogen (secondary N) is 1. The number of aliphatic carboxylic acids is 2. The number of anilines is 1. The second-order valence-electron chi connectivity index (χ2n) is 9.59. The van der Waals surface area contributed by atoms with E-state index in [4.69, 9.17) is 14.3 Å². The van der Waals surface area contributed by atoms with Gasteiger partial charge in [-0.05, 0) is 59.5 Å². The van der Waals surface area contributed by atoms with E-state index >= 15 is 0 Å². The Morgan fingerprint density at radius 3 is 2.26 bits per heavy atom. The van der Waals surface area contributed by atoms with Crippen LogP contribution in [-0.4, -0.2) is 45.5 Å². The van der Waals surface area contributed by atoms with Gasteiger partial charge in [-0.3, -0.25) is 19.3 Å². The summed E-state index contributed by atoms with van der Waals surface area (Å²) in [5, 5.41) is 21.8. The number of amides is 1. The minimum atomic E-state index is -1.08. The van der Waals surface area contributed by atoms with E-state index in [-0.39, 0.29) is 31.1 Å². The van der Waals surface area contributed by atoms with Gasteiger partial charge in [-0.25, -0.2) is 0 Å². The predicted molar refractivity (Wildman–Crippen MR) is 158 cm³/mol. The van der Waals surface area contributed by atoms with Crippen LogP contribution >= 0.6 is 0 Å². The van der Waals surface area contributed by atoms with Crippen LogP contribution in [-0.2, 0) is 22.7 Å². The summed E-state index contributed by atoms with van der Waals surface area (Å²) in [5.74, 6) is -1.57. The van der Waals surface area contributed by atoms with Crippen molar-refractivity contribution in [2.24, 2.45) is 0 Å². The fourth-order valence-corrected chi connectivity index (χ4v) is 4.29. The van der Waals surface area contributed by atoms with Crippen molar-refractivity contribution in [1.82, 2.24) is 4.90 Å². The summed E-state index contributed by atoms with van der Waals surface area (Å²) in [7, 11) is 0. The van der Waals surface area contributed by atoms with Crippen LogP contribution in [0, 0.1) is 0 Å². The van der Waals surface area contributed by atoms with Gasteiger partial charge in [-0.15, -0.1) is 0 Å². The van der Waals surface area contributed by atoms with Gasteiger partial charge < -0.3 is 24.7 Å². The first-order valence-corrected chi connectivity index (χ1v) is 13.4. The molecule has 0 saturated carbocycles. The molecule has 4 aromatic rings. The van der Waals surface area contributed by atoms with Crippen LogP contribution in [0.4, 0.5) is 5.69 Å². The summed E-state index contributed by atoms with van der Waals surface area (Å²) in [6.07, 6.45) is 4.83. The SMILES string of the molecule is O=C(O)CC[C@@H](C(=O)O)N(C/C=C/c1ccc(NC(=O)c2ccco2)cc1)Cc1ccc(OCc2ccccc2)cc1. The Kier molecular flexibility index (Phi) is 10.7. The van der Waals surface area contributed by atoms with E-state index in [9.17, 15) is 19.5 Å². The number of nitrogens with zero attached hydrogens (tertiary/aromatic N) is 1. The normalized spacial score (nSPS) is 11.8. The molecule has 0 fully saturated rings. The van der Waals surface area contributed by atoms with Crippen LogP contribution in [0.25, 0.3) is 6.08 Å². The Bertz CT molecular complexity index is 1470. The summed E-state index contributed by atoms with van der Waals surface area (Å²) in [6.45, 7) is 1.02. The molecule has 0 spiro atoms. The monoisotopic (exact) mass is 568 g/mol. The smallest absolute Gasteiger partial charge is 0.320 e. The number of rotatable bonds is 15. The first-order chi connectivity index (χ1) is 20.4. The topological polar surface area (TPSA) is 129 Å². The summed E-state index contributed by atoms with van der Waals surface area (Å²) in [4.78, 5) is 37.2. The molecule has 3 aromatic carbocycles. The molecule has 0 aliphatic rings. The van der Waals surface area contributed by atoms with Gasteiger partial charge in [0.2, 0.25) is 0 Å². The zero-order valence-corrected chi connectivity index (χ0v) is 22.9. The van der Waals surface area contributed by atoms with Gasteiger partial charge in [-0.1, -0.05) is 66.7 Å². The molecule has 0 bridgehead atoms. The van der Waals surface area contributed by atoms with E-state index in [1.54, 1.807) is 29.2 Å². The number of carbonyl (C=O) groups is 3. The molecule has 3 N–H and O–H groups in total. The van der Waals surface area contributed by atoms with Crippen LogP contribution < -0.4 is 10.1 Å². The second kappa shape index (κ2) is 15.0. The number of carboxylic acids is 2. The second-order valence-corrected chi connectivity index (χ2v) is 9.59. The van der Waals surface area contributed by atoms with E-state index < -0.39 is 18.0 Å². The first kappa shape index (κ1) is 29.8.